The Kier molecular flexibility index (Phi) is 4.39. The number of esters is 1. The number of amidine groups is 1. The highest BCUT2D eigenvalue weighted by Crippen LogP contribution is 2.03. The van der Waals surface area contributed by atoms with Crippen LogP contribution < -0.4 is 11.1 Å². The van der Waals surface area contributed by atoms with Crippen molar-refractivity contribution in [1.82, 2.24) is 5.32 Å². The first-order chi connectivity index (χ1) is 6.74. The number of rotatable bonds is 3. The Bertz CT molecular complexity index is 228. The van der Waals surface area contributed by atoms with Gasteiger partial charge in [0.05, 0.1) is 12.9 Å². The van der Waals surface area contributed by atoms with Gasteiger partial charge in [0.2, 0.25) is 0 Å². The van der Waals surface area contributed by atoms with E-state index >= 15 is 0 Å². The van der Waals surface area contributed by atoms with Crippen molar-refractivity contribution in [3.05, 3.63) is 0 Å². The maximum absolute atomic E-state index is 11.0. The first-order valence-electron chi connectivity index (χ1n) is 4.84. The molecule has 1 atom stereocenters. The minimum absolute atomic E-state index is 0.394. The standard InChI is InChI=1S/C9H17N3O2/c1-14-9(13)7(10)6-12-8-4-2-3-5-11-8/h7H,2-6,10H2,1H3,(H,11,12). The maximum Gasteiger partial charge on any atom is 0.324 e. The Morgan fingerprint density at radius 1 is 1.71 bits per heavy atom. The number of ether oxygens (including phenoxy) is 1. The van der Waals surface area contributed by atoms with Crippen molar-refractivity contribution in [2.24, 2.45) is 10.7 Å². The summed E-state index contributed by atoms with van der Waals surface area (Å²) in [5.41, 5.74) is 5.55. The predicted octanol–water partition coefficient (Wildman–Crippen LogP) is -0.341. The van der Waals surface area contributed by atoms with Crippen LogP contribution in [0.2, 0.25) is 0 Å². The molecule has 3 N–H and O–H groups in total. The Morgan fingerprint density at radius 3 is 3.07 bits per heavy atom. The molecule has 0 amide bonds. The molecule has 1 rings (SSSR count). The van der Waals surface area contributed by atoms with Crippen molar-refractivity contribution in [3.63, 3.8) is 0 Å². The molecule has 0 aromatic heterocycles. The molecule has 0 saturated heterocycles. The fourth-order valence-electron chi connectivity index (χ4n) is 1.30. The second-order valence-corrected chi connectivity index (χ2v) is 3.30. The number of carbonyl (C=O) groups is 1. The zero-order valence-electron chi connectivity index (χ0n) is 8.45. The van der Waals surface area contributed by atoms with E-state index < -0.39 is 12.0 Å². The van der Waals surface area contributed by atoms with Gasteiger partial charge in [-0.1, -0.05) is 0 Å². The van der Waals surface area contributed by atoms with Crippen LogP contribution in [0.25, 0.3) is 0 Å². The van der Waals surface area contributed by atoms with Gasteiger partial charge < -0.3 is 15.8 Å². The second kappa shape index (κ2) is 5.59. The lowest BCUT2D eigenvalue weighted by atomic mass is 10.2. The summed E-state index contributed by atoms with van der Waals surface area (Å²) < 4.78 is 4.51. The Balaban J connectivity index is 2.25. The molecule has 0 fully saturated rings. The summed E-state index contributed by atoms with van der Waals surface area (Å²) in [6, 6.07) is -0.607. The molecule has 1 unspecified atom stereocenters. The number of aliphatic imine (C=N–C) groups is 1. The fraction of sp³-hybridized carbons (Fsp3) is 0.778. The van der Waals surface area contributed by atoms with Gasteiger partial charge in [0.15, 0.2) is 0 Å². The fourth-order valence-corrected chi connectivity index (χ4v) is 1.30. The van der Waals surface area contributed by atoms with Gasteiger partial charge in [-0.25, -0.2) is 0 Å². The zero-order chi connectivity index (χ0) is 10.4. The monoisotopic (exact) mass is 199 g/mol. The third kappa shape index (κ3) is 3.33. The van der Waals surface area contributed by atoms with Gasteiger partial charge in [0.1, 0.15) is 6.04 Å². The molecule has 0 aromatic rings. The lowest BCUT2D eigenvalue weighted by Gasteiger charge is -2.16. The molecule has 0 spiro atoms. The van der Waals surface area contributed by atoms with Gasteiger partial charge in [-0.15, -0.1) is 0 Å². The van der Waals surface area contributed by atoms with Crippen molar-refractivity contribution in [1.29, 1.82) is 0 Å². The van der Waals surface area contributed by atoms with Gasteiger partial charge in [-0.2, -0.15) is 0 Å². The van der Waals surface area contributed by atoms with Crippen LogP contribution in [0, 0.1) is 0 Å². The highest BCUT2D eigenvalue weighted by molar-refractivity contribution is 5.83. The Labute approximate surface area is 83.7 Å². The van der Waals surface area contributed by atoms with Crippen LogP contribution in [0.3, 0.4) is 0 Å². The molecule has 5 heteroatoms. The number of carbonyl (C=O) groups excluding carboxylic acids is 1. The summed E-state index contributed by atoms with van der Waals surface area (Å²) in [5, 5.41) is 3.06. The van der Waals surface area contributed by atoms with Crippen LogP contribution in [0.15, 0.2) is 4.99 Å². The van der Waals surface area contributed by atoms with Crippen LogP contribution in [0.4, 0.5) is 0 Å². The average Bonchev–Trinajstić information content (AvgIpc) is 2.26. The number of hydrogen-bond acceptors (Lipinski definition) is 5. The van der Waals surface area contributed by atoms with E-state index in [9.17, 15) is 4.79 Å². The SMILES string of the molecule is COC(=O)C(N)CNC1=NCCCC1. The van der Waals surface area contributed by atoms with E-state index in [0.29, 0.717) is 6.54 Å². The topological polar surface area (TPSA) is 76.7 Å². The highest BCUT2D eigenvalue weighted by atomic mass is 16.5. The van der Waals surface area contributed by atoms with Crippen molar-refractivity contribution in [2.75, 3.05) is 20.2 Å². The molecule has 5 nitrogen and oxygen atoms in total. The maximum atomic E-state index is 11.0. The molecule has 0 saturated carbocycles. The predicted molar refractivity (Wildman–Crippen MR) is 54.1 cm³/mol. The molecule has 0 aliphatic carbocycles. The number of nitrogens with zero attached hydrogens (tertiary/aromatic N) is 1. The van der Waals surface area contributed by atoms with E-state index in [0.717, 1.165) is 31.6 Å². The summed E-state index contributed by atoms with van der Waals surface area (Å²) in [4.78, 5) is 15.2. The number of nitrogens with two attached hydrogens (primary N) is 1. The lowest BCUT2D eigenvalue weighted by Crippen LogP contribution is -2.43. The summed E-state index contributed by atoms with van der Waals surface area (Å²) >= 11 is 0. The van der Waals surface area contributed by atoms with Crippen LogP contribution in [0.1, 0.15) is 19.3 Å². The molecular weight excluding hydrogens is 182 g/mol. The van der Waals surface area contributed by atoms with Gasteiger partial charge >= 0.3 is 5.97 Å². The summed E-state index contributed by atoms with van der Waals surface area (Å²) in [6.07, 6.45) is 3.25. The molecule has 1 aliphatic rings. The molecule has 14 heavy (non-hydrogen) atoms. The summed E-state index contributed by atoms with van der Waals surface area (Å²) in [5.74, 6) is 0.560. The van der Waals surface area contributed by atoms with E-state index in [1.54, 1.807) is 0 Å². The molecule has 1 heterocycles. The molecular formula is C9H17N3O2. The van der Waals surface area contributed by atoms with E-state index in [4.69, 9.17) is 5.73 Å². The van der Waals surface area contributed by atoms with Gasteiger partial charge in [0, 0.05) is 19.5 Å². The zero-order valence-corrected chi connectivity index (χ0v) is 8.45. The van der Waals surface area contributed by atoms with Gasteiger partial charge in [-0.3, -0.25) is 9.79 Å². The molecule has 0 aromatic carbocycles. The minimum Gasteiger partial charge on any atom is -0.468 e. The third-order valence-corrected chi connectivity index (χ3v) is 2.15. The smallest absolute Gasteiger partial charge is 0.324 e. The molecule has 80 valence electrons. The normalized spacial score (nSPS) is 18.3. The van der Waals surface area contributed by atoms with Crippen molar-refractivity contribution < 1.29 is 9.53 Å². The number of hydrogen-bond donors (Lipinski definition) is 2. The summed E-state index contributed by atoms with van der Waals surface area (Å²) in [7, 11) is 1.33. The Morgan fingerprint density at radius 2 is 2.50 bits per heavy atom. The molecule has 0 radical (unpaired) electrons. The van der Waals surface area contributed by atoms with Gasteiger partial charge in [0.25, 0.3) is 0 Å². The average molecular weight is 199 g/mol. The third-order valence-electron chi connectivity index (χ3n) is 2.15. The number of methoxy groups -OCH3 is 1. The molecule has 0 bridgehead atoms. The van der Waals surface area contributed by atoms with Gasteiger partial charge in [-0.05, 0) is 12.8 Å². The van der Waals surface area contributed by atoms with Crippen LogP contribution >= 0.6 is 0 Å². The van der Waals surface area contributed by atoms with Crippen LogP contribution in [0.5, 0.6) is 0 Å². The second-order valence-electron chi connectivity index (χ2n) is 3.30. The lowest BCUT2D eigenvalue weighted by molar-refractivity contribution is -0.141. The van der Waals surface area contributed by atoms with Crippen molar-refractivity contribution in [3.8, 4) is 0 Å². The van der Waals surface area contributed by atoms with E-state index in [-0.39, 0.29) is 0 Å². The van der Waals surface area contributed by atoms with Crippen LogP contribution in [-0.2, 0) is 9.53 Å². The summed E-state index contributed by atoms with van der Waals surface area (Å²) in [6.45, 7) is 1.27. The Hall–Kier alpha value is -1.10. The van der Waals surface area contributed by atoms with Crippen LogP contribution in [-0.4, -0.2) is 38.0 Å². The minimum atomic E-state index is -0.607. The number of nitrogens with one attached hydrogen (secondary N) is 1. The quantitative estimate of drug-likeness (QED) is 0.610. The molecule has 1 aliphatic heterocycles. The first-order valence-corrected chi connectivity index (χ1v) is 4.84. The largest absolute Gasteiger partial charge is 0.468 e. The van der Waals surface area contributed by atoms with Crippen molar-refractivity contribution >= 4 is 11.8 Å². The highest BCUT2D eigenvalue weighted by Gasteiger charge is 2.14. The van der Waals surface area contributed by atoms with Crippen molar-refractivity contribution in [2.45, 2.75) is 25.3 Å². The van der Waals surface area contributed by atoms with E-state index in [1.165, 1.54) is 7.11 Å². The first kappa shape index (κ1) is 11.0. The van der Waals surface area contributed by atoms with E-state index in [2.05, 4.69) is 15.0 Å². The van der Waals surface area contributed by atoms with E-state index in [1.807, 2.05) is 0 Å².